The van der Waals surface area contributed by atoms with E-state index in [2.05, 4.69) is 78.4 Å². The van der Waals surface area contributed by atoms with Crippen molar-refractivity contribution in [3.63, 3.8) is 0 Å². The Kier molecular flexibility index (Phi) is 2.70. The number of aromatic nitrogens is 1. The van der Waals surface area contributed by atoms with Crippen LogP contribution in [0.5, 0.6) is 0 Å². The van der Waals surface area contributed by atoms with Gasteiger partial charge in [0, 0.05) is 21.2 Å². The van der Waals surface area contributed by atoms with E-state index in [0.29, 0.717) is 0 Å². The summed E-state index contributed by atoms with van der Waals surface area (Å²) in [7, 11) is 0. The van der Waals surface area contributed by atoms with Crippen LogP contribution in [0.2, 0.25) is 0 Å². The molecule has 0 saturated heterocycles. The van der Waals surface area contributed by atoms with E-state index in [1.165, 1.54) is 42.9 Å². The molecule has 2 aromatic heterocycles. The molecule has 5 rings (SSSR count). The molecule has 1 aliphatic rings. The van der Waals surface area contributed by atoms with Crippen molar-refractivity contribution in [1.29, 1.82) is 0 Å². The summed E-state index contributed by atoms with van der Waals surface area (Å²) in [6, 6.07) is 22.1. The first-order valence-electron chi connectivity index (χ1n) is 7.91. The summed E-state index contributed by atoms with van der Waals surface area (Å²) < 4.78 is 3.75. The summed E-state index contributed by atoms with van der Waals surface area (Å²) >= 11 is 1.88. The van der Waals surface area contributed by atoms with Crippen molar-refractivity contribution in [3.8, 4) is 21.7 Å². The highest BCUT2D eigenvalue weighted by molar-refractivity contribution is 7.22. The molecule has 110 valence electrons. The first-order chi connectivity index (χ1) is 11.3. The predicted molar refractivity (Wildman–Crippen MR) is 96.7 cm³/mol. The number of hydrogen-bond acceptors (Lipinski definition) is 1. The van der Waals surface area contributed by atoms with Gasteiger partial charge >= 0.3 is 0 Å². The van der Waals surface area contributed by atoms with E-state index in [1.807, 2.05) is 11.3 Å². The summed E-state index contributed by atoms with van der Waals surface area (Å²) in [5, 5.41) is 1.37. The standard InChI is InChI=1S/C21H16NS/c1-14-7-8-17-16(11-14)13-22-10-9-19-18(21(17)22)12-20(23-19)15-5-3-2-4-6-15/h2-12H,13H2,1H3/q+1. The number of hydrogen-bond donors (Lipinski definition) is 0. The van der Waals surface area contributed by atoms with Crippen LogP contribution >= 0.6 is 11.3 Å². The van der Waals surface area contributed by atoms with Crippen molar-refractivity contribution in [2.45, 2.75) is 13.5 Å². The van der Waals surface area contributed by atoms with Crippen LogP contribution in [0.25, 0.3) is 31.8 Å². The third-order valence-corrected chi connectivity index (χ3v) is 5.77. The number of thiophene rings is 1. The molecule has 0 saturated carbocycles. The van der Waals surface area contributed by atoms with Crippen LogP contribution in [-0.2, 0) is 6.54 Å². The number of benzene rings is 2. The lowest BCUT2D eigenvalue weighted by Gasteiger charge is -1.97. The topological polar surface area (TPSA) is 3.88 Å². The third-order valence-electron chi connectivity index (χ3n) is 4.62. The predicted octanol–water partition coefficient (Wildman–Crippen LogP) is 5.19. The van der Waals surface area contributed by atoms with Crippen LogP contribution in [0, 0.1) is 6.92 Å². The maximum absolute atomic E-state index is 2.38. The van der Waals surface area contributed by atoms with Crippen molar-refractivity contribution in [1.82, 2.24) is 0 Å². The SMILES string of the molecule is Cc1ccc2c(c1)C[n+]1ccc3sc(-c4ccccc4)cc3c1-2. The average Bonchev–Trinajstić information content (AvgIpc) is 3.15. The molecule has 2 aromatic carbocycles. The van der Waals surface area contributed by atoms with E-state index in [1.54, 1.807) is 0 Å². The zero-order valence-electron chi connectivity index (χ0n) is 12.9. The van der Waals surface area contributed by atoms with Crippen LogP contribution < -0.4 is 4.57 Å². The number of aryl methyl sites for hydroxylation is 1. The van der Waals surface area contributed by atoms with Gasteiger partial charge in [-0.25, -0.2) is 0 Å². The fourth-order valence-electron chi connectivity index (χ4n) is 3.54. The van der Waals surface area contributed by atoms with Crippen LogP contribution in [0.15, 0.2) is 66.9 Å². The molecular formula is C21H16NS+. The zero-order chi connectivity index (χ0) is 15.4. The highest BCUT2D eigenvalue weighted by Crippen LogP contribution is 2.39. The quantitative estimate of drug-likeness (QED) is 0.375. The third kappa shape index (κ3) is 1.95. The summed E-state index contributed by atoms with van der Waals surface area (Å²) in [6.45, 7) is 3.15. The molecule has 2 heteroatoms. The van der Waals surface area contributed by atoms with E-state index in [9.17, 15) is 0 Å². The highest BCUT2D eigenvalue weighted by Gasteiger charge is 2.29. The molecule has 4 aromatic rings. The lowest BCUT2D eigenvalue weighted by atomic mass is 10.0. The van der Waals surface area contributed by atoms with Gasteiger partial charge in [0.05, 0.1) is 10.9 Å². The second-order valence-electron chi connectivity index (χ2n) is 6.21. The van der Waals surface area contributed by atoms with E-state index in [4.69, 9.17) is 0 Å². The van der Waals surface area contributed by atoms with Crippen LogP contribution in [0.1, 0.15) is 11.1 Å². The Morgan fingerprint density at radius 3 is 2.70 bits per heavy atom. The molecule has 0 atom stereocenters. The summed E-state index contributed by atoms with van der Waals surface area (Å²) in [4.78, 5) is 1.34. The van der Waals surface area contributed by atoms with Gasteiger partial charge in [-0.3, -0.25) is 0 Å². The molecule has 0 unspecified atom stereocenters. The monoisotopic (exact) mass is 314 g/mol. The fourth-order valence-corrected chi connectivity index (χ4v) is 4.61. The van der Waals surface area contributed by atoms with Crippen LogP contribution in [0.4, 0.5) is 0 Å². The average molecular weight is 314 g/mol. The summed E-state index contributed by atoms with van der Waals surface area (Å²) in [5.41, 5.74) is 6.83. The van der Waals surface area contributed by atoms with Crippen molar-refractivity contribution >= 4 is 21.4 Å². The second kappa shape index (κ2) is 4.77. The minimum atomic E-state index is 0.985. The Morgan fingerprint density at radius 1 is 0.957 bits per heavy atom. The Hall–Kier alpha value is -2.45. The van der Waals surface area contributed by atoms with Gasteiger partial charge in [-0.2, -0.15) is 4.57 Å². The van der Waals surface area contributed by atoms with Gasteiger partial charge in [-0.05, 0) is 30.7 Å². The molecule has 0 spiro atoms. The van der Waals surface area contributed by atoms with Gasteiger partial charge in [0.15, 0.2) is 12.7 Å². The van der Waals surface area contributed by atoms with Crippen LogP contribution in [0.3, 0.4) is 0 Å². The molecule has 0 fully saturated rings. The molecule has 0 N–H and O–H groups in total. The summed E-state index contributed by atoms with van der Waals surface area (Å²) in [5.74, 6) is 0. The zero-order valence-corrected chi connectivity index (χ0v) is 13.7. The second-order valence-corrected chi connectivity index (χ2v) is 7.29. The molecule has 1 nitrogen and oxygen atoms in total. The first kappa shape index (κ1) is 13.0. The highest BCUT2D eigenvalue weighted by atomic mass is 32.1. The van der Waals surface area contributed by atoms with E-state index >= 15 is 0 Å². The van der Waals surface area contributed by atoms with E-state index in [-0.39, 0.29) is 0 Å². The molecule has 0 radical (unpaired) electrons. The fraction of sp³-hybridized carbons (Fsp3) is 0.0952. The lowest BCUT2D eigenvalue weighted by Crippen LogP contribution is -2.31. The maximum Gasteiger partial charge on any atom is 0.222 e. The number of fused-ring (bicyclic) bond motifs is 5. The Morgan fingerprint density at radius 2 is 1.83 bits per heavy atom. The Labute approximate surface area is 139 Å². The smallest absolute Gasteiger partial charge is 0.193 e. The van der Waals surface area contributed by atoms with Crippen molar-refractivity contribution in [2.24, 2.45) is 0 Å². The maximum atomic E-state index is 2.38. The summed E-state index contributed by atoms with van der Waals surface area (Å²) in [6.07, 6.45) is 2.23. The van der Waals surface area contributed by atoms with Gasteiger partial charge in [0.2, 0.25) is 5.69 Å². The first-order valence-corrected chi connectivity index (χ1v) is 8.72. The molecule has 23 heavy (non-hydrogen) atoms. The minimum absolute atomic E-state index is 0.985. The largest absolute Gasteiger partial charge is 0.222 e. The molecular weight excluding hydrogens is 298 g/mol. The number of rotatable bonds is 1. The van der Waals surface area contributed by atoms with E-state index in [0.717, 1.165) is 6.54 Å². The molecule has 1 aliphatic heterocycles. The van der Waals surface area contributed by atoms with E-state index < -0.39 is 0 Å². The van der Waals surface area contributed by atoms with Crippen molar-refractivity contribution in [2.75, 3.05) is 0 Å². The molecule has 0 amide bonds. The number of nitrogens with zero attached hydrogens (tertiary/aromatic N) is 1. The minimum Gasteiger partial charge on any atom is -0.193 e. The van der Waals surface area contributed by atoms with Gasteiger partial charge in [0.25, 0.3) is 0 Å². The van der Waals surface area contributed by atoms with Gasteiger partial charge in [-0.1, -0.05) is 42.0 Å². The Bertz CT molecular complexity index is 1040. The molecule has 0 aliphatic carbocycles. The van der Waals surface area contributed by atoms with Gasteiger partial charge < -0.3 is 0 Å². The molecule has 3 heterocycles. The molecule has 0 bridgehead atoms. The van der Waals surface area contributed by atoms with Crippen molar-refractivity contribution < 1.29 is 4.57 Å². The van der Waals surface area contributed by atoms with Crippen LogP contribution in [-0.4, -0.2) is 0 Å². The Balaban J connectivity index is 1.77. The van der Waals surface area contributed by atoms with Gasteiger partial charge in [-0.15, -0.1) is 11.3 Å². The number of pyridine rings is 1. The van der Waals surface area contributed by atoms with Gasteiger partial charge in [0.1, 0.15) is 0 Å². The normalized spacial score (nSPS) is 12.4. The van der Waals surface area contributed by atoms with Crippen molar-refractivity contribution in [3.05, 3.63) is 78.0 Å². The lowest BCUT2D eigenvalue weighted by molar-refractivity contribution is -0.670.